The van der Waals surface area contributed by atoms with Crippen LogP contribution in [0.4, 0.5) is 11.4 Å². The fourth-order valence-electron chi connectivity index (χ4n) is 1.73. The first-order chi connectivity index (χ1) is 10.1. The zero-order valence-corrected chi connectivity index (χ0v) is 11.5. The van der Waals surface area contributed by atoms with E-state index < -0.39 is 4.92 Å². The van der Waals surface area contributed by atoms with Crippen LogP contribution in [0.3, 0.4) is 0 Å². The van der Waals surface area contributed by atoms with Gasteiger partial charge in [-0.25, -0.2) is 0 Å². The Balaban J connectivity index is 2.35. The van der Waals surface area contributed by atoms with Crippen molar-refractivity contribution in [2.45, 2.75) is 0 Å². The number of anilines is 1. The van der Waals surface area contributed by atoms with Crippen LogP contribution in [0.5, 0.6) is 0 Å². The summed E-state index contributed by atoms with van der Waals surface area (Å²) in [5.74, 6) is 0. The molecule has 2 aromatic carbocycles. The number of para-hydroxylation sites is 2. The van der Waals surface area contributed by atoms with Gasteiger partial charge in [-0.15, -0.1) is 0 Å². The lowest BCUT2D eigenvalue weighted by molar-refractivity contribution is -0.383. The van der Waals surface area contributed by atoms with E-state index >= 15 is 0 Å². The minimum Gasteiger partial charge on any atom is -0.341 e. The Kier molecular flexibility index (Phi) is 4.54. The fourth-order valence-corrected chi connectivity index (χ4v) is 1.92. The highest BCUT2D eigenvalue weighted by Crippen LogP contribution is 2.25. The number of nitriles is 1. The molecule has 0 aliphatic carbocycles. The molecule has 0 radical (unpaired) electrons. The molecular weight excluding hydrogens is 290 g/mol. The summed E-state index contributed by atoms with van der Waals surface area (Å²) in [6, 6.07) is 15.1. The molecule has 0 atom stereocenters. The summed E-state index contributed by atoms with van der Waals surface area (Å²) in [6.07, 6.45) is 1.54. The van der Waals surface area contributed by atoms with Gasteiger partial charge in [0.2, 0.25) is 0 Å². The molecule has 21 heavy (non-hydrogen) atoms. The number of halogens is 1. The standard InChI is InChI=1S/C15H10ClN3O2/c16-13-6-2-1-5-11(13)9-12(10-17)18-14-7-3-4-8-15(14)19(20)21/h1-9,18H/b12-9+. The molecule has 0 fully saturated rings. The maximum absolute atomic E-state index is 10.9. The van der Waals surface area contributed by atoms with Gasteiger partial charge in [0.25, 0.3) is 5.69 Å². The third kappa shape index (κ3) is 3.59. The van der Waals surface area contributed by atoms with Gasteiger partial charge in [0.1, 0.15) is 17.5 Å². The van der Waals surface area contributed by atoms with E-state index in [1.54, 1.807) is 42.5 Å². The van der Waals surface area contributed by atoms with Crippen molar-refractivity contribution < 1.29 is 4.92 Å². The highest BCUT2D eigenvalue weighted by molar-refractivity contribution is 6.32. The molecule has 0 aromatic heterocycles. The Hall–Kier alpha value is -2.84. The molecule has 0 amide bonds. The molecule has 2 aromatic rings. The van der Waals surface area contributed by atoms with E-state index in [9.17, 15) is 15.4 Å². The van der Waals surface area contributed by atoms with Crippen molar-refractivity contribution in [3.63, 3.8) is 0 Å². The number of nitrogens with one attached hydrogen (secondary N) is 1. The van der Waals surface area contributed by atoms with Crippen molar-refractivity contribution in [1.29, 1.82) is 5.26 Å². The second kappa shape index (κ2) is 6.55. The minimum atomic E-state index is -0.507. The minimum absolute atomic E-state index is 0.0993. The van der Waals surface area contributed by atoms with Crippen LogP contribution in [-0.2, 0) is 0 Å². The van der Waals surface area contributed by atoms with Gasteiger partial charge in [-0.05, 0) is 23.8 Å². The van der Waals surface area contributed by atoms with Gasteiger partial charge in [0.05, 0.1) is 4.92 Å². The van der Waals surface area contributed by atoms with Gasteiger partial charge < -0.3 is 5.32 Å². The van der Waals surface area contributed by atoms with Gasteiger partial charge in [-0.2, -0.15) is 5.26 Å². The van der Waals surface area contributed by atoms with Crippen molar-refractivity contribution in [2.24, 2.45) is 0 Å². The van der Waals surface area contributed by atoms with Gasteiger partial charge in [-0.1, -0.05) is 41.9 Å². The smallest absolute Gasteiger partial charge is 0.292 e. The number of hydrogen-bond acceptors (Lipinski definition) is 4. The van der Waals surface area contributed by atoms with Crippen LogP contribution in [0.2, 0.25) is 5.02 Å². The summed E-state index contributed by atoms with van der Waals surface area (Å²) >= 11 is 6.02. The monoisotopic (exact) mass is 299 g/mol. The lowest BCUT2D eigenvalue weighted by atomic mass is 10.2. The van der Waals surface area contributed by atoms with Crippen molar-refractivity contribution in [3.8, 4) is 6.07 Å². The molecule has 0 saturated heterocycles. The first-order valence-corrected chi connectivity index (χ1v) is 6.36. The highest BCUT2D eigenvalue weighted by atomic mass is 35.5. The maximum atomic E-state index is 10.9. The molecule has 5 nitrogen and oxygen atoms in total. The van der Waals surface area contributed by atoms with Crippen LogP contribution in [0.25, 0.3) is 6.08 Å². The van der Waals surface area contributed by atoms with Crippen LogP contribution in [-0.4, -0.2) is 4.92 Å². The fraction of sp³-hybridized carbons (Fsp3) is 0. The summed E-state index contributed by atoms with van der Waals surface area (Å²) in [7, 11) is 0. The molecule has 0 saturated carbocycles. The Morgan fingerprint density at radius 2 is 1.90 bits per heavy atom. The number of rotatable bonds is 4. The molecular formula is C15H10ClN3O2. The van der Waals surface area contributed by atoms with Crippen LogP contribution in [0.1, 0.15) is 5.56 Å². The second-order valence-electron chi connectivity index (χ2n) is 4.09. The third-order valence-electron chi connectivity index (χ3n) is 2.70. The van der Waals surface area contributed by atoms with Crippen molar-refractivity contribution in [1.82, 2.24) is 0 Å². The zero-order chi connectivity index (χ0) is 15.2. The third-order valence-corrected chi connectivity index (χ3v) is 3.04. The molecule has 104 valence electrons. The molecule has 0 aliphatic heterocycles. The van der Waals surface area contributed by atoms with E-state index in [1.807, 2.05) is 6.07 Å². The number of allylic oxidation sites excluding steroid dienone is 1. The van der Waals surface area contributed by atoms with E-state index in [-0.39, 0.29) is 17.1 Å². The Bertz CT molecular complexity index is 751. The number of hydrogen-bond donors (Lipinski definition) is 1. The first-order valence-electron chi connectivity index (χ1n) is 5.98. The quantitative estimate of drug-likeness (QED) is 0.520. The van der Waals surface area contributed by atoms with E-state index in [4.69, 9.17) is 11.6 Å². The van der Waals surface area contributed by atoms with Gasteiger partial charge in [0, 0.05) is 11.1 Å². The molecule has 1 N–H and O–H groups in total. The van der Waals surface area contributed by atoms with Crippen LogP contribution < -0.4 is 5.32 Å². The normalized spacial score (nSPS) is 10.8. The number of nitrogens with zero attached hydrogens (tertiary/aromatic N) is 2. The summed E-state index contributed by atoms with van der Waals surface area (Å²) < 4.78 is 0. The number of benzene rings is 2. The molecule has 6 heteroatoms. The predicted octanol–water partition coefficient (Wildman–Crippen LogP) is 4.22. The Morgan fingerprint density at radius 1 is 1.24 bits per heavy atom. The van der Waals surface area contributed by atoms with Gasteiger partial charge >= 0.3 is 0 Å². The van der Waals surface area contributed by atoms with Crippen molar-refractivity contribution >= 4 is 29.1 Å². The largest absolute Gasteiger partial charge is 0.341 e. The summed E-state index contributed by atoms with van der Waals surface area (Å²) in [6.45, 7) is 0. The Morgan fingerprint density at radius 3 is 2.57 bits per heavy atom. The second-order valence-corrected chi connectivity index (χ2v) is 4.50. The Labute approximate surface area is 126 Å². The van der Waals surface area contributed by atoms with Gasteiger partial charge in [-0.3, -0.25) is 10.1 Å². The molecule has 0 aliphatic rings. The zero-order valence-electron chi connectivity index (χ0n) is 10.8. The average Bonchev–Trinajstić information content (AvgIpc) is 2.49. The van der Waals surface area contributed by atoms with E-state index in [0.717, 1.165) is 0 Å². The first kappa shape index (κ1) is 14.6. The average molecular weight is 300 g/mol. The molecule has 0 heterocycles. The lowest BCUT2D eigenvalue weighted by Gasteiger charge is -2.06. The summed E-state index contributed by atoms with van der Waals surface area (Å²) in [5.41, 5.74) is 0.972. The molecule has 2 rings (SSSR count). The number of nitro benzene ring substituents is 1. The lowest BCUT2D eigenvalue weighted by Crippen LogP contribution is -2.01. The molecule has 0 spiro atoms. The molecule has 0 unspecified atom stereocenters. The summed E-state index contributed by atoms with van der Waals surface area (Å²) in [4.78, 5) is 10.4. The highest BCUT2D eigenvalue weighted by Gasteiger charge is 2.13. The SMILES string of the molecule is N#C/C(=C\c1ccccc1Cl)Nc1ccccc1[N+](=O)[O-]. The predicted molar refractivity (Wildman–Crippen MR) is 81.8 cm³/mol. The maximum Gasteiger partial charge on any atom is 0.292 e. The van der Waals surface area contributed by atoms with Crippen LogP contribution >= 0.6 is 11.6 Å². The topological polar surface area (TPSA) is 79.0 Å². The van der Waals surface area contributed by atoms with E-state index in [1.165, 1.54) is 12.1 Å². The molecule has 0 bridgehead atoms. The van der Waals surface area contributed by atoms with Crippen LogP contribution in [0, 0.1) is 21.4 Å². The van der Waals surface area contributed by atoms with E-state index in [0.29, 0.717) is 10.6 Å². The summed E-state index contributed by atoms with van der Waals surface area (Å²) in [5, 5.41) is 23.4. The van der Waals surface area contributed by atoms with Crippen molar-refractivity contribution in [2.75, 3.05) is 5.32 Å². The van der Waals surface area contributed by atoms with Crippen LogP contribution in [0.15, 0.2) is 54.2 Å². The van der Waals surface area contributed by atoms with Crippen molar-refractivity contribution in [3.05, 3.63) is 74.9 Å². The number of nitro groups is 1. The van der Waals surface area contributed by atoms with E-state index in [2.05, 4.69) is 5.32 Å². The van der Waals surface area contributed by atoms with Gasteiger partial charge in [0.15, 0.2) is 0 Å².